The number of benzene rings is 2. The van der Waals surface area contributed by atoms with E-state index < -0.39 is 23.0 Å². The third-order valence-electron chi connectivity index (χ3n) is 6.62. The second-order valence-electron chi connectivity index (χ2n) is 8.89. The quantitative estimate of drug-likeness (QED) is 0.433. The minimum Gasteiger partial charge on any atom is -0.497 e. The van der Waals surface area contributed by atoms with E-state index in [4.69, 9.17) is 9.47 Å². The van der Waals surface area contributed by atoms with E-state index in [9.17, 15) is 18.8 Å². The van der Waals surface area contributed by atoms with Gasteiger partial charge in [-0.05, 0) is 18.2 Å². The highest BCUT2D eigenvalue weighted by atomic mass is 19.1. The highest BCUT2D eigenvalue weighted by Gasteiger charge is 2.54. The van der Waals surface area contributed by atoms with Crippen LogP contribution in [0.5, 0.6) is 5.75 Å². The second-order valence-corrected chi connectivity index (χ2v) is 8.89. The van der Waals surface area contributed by atoms with E-state index in [0.717, 1.165) is 15.9 Å². The van der Waals surface area contributed by atoms with Gasteiger partial charge < -0.3 is 19.4 Å². The molecular weight excluding hydrogens is 467 g/mol. The van der Waals surface area contributed by atoms with Crippen LogP contribution in [0, 0.1) is 5.82 Å². The summed E-state index contributed by atoms with van der Waals surface area (Å²) >= 11 is 0. The van der Waals surface area contributed by atoms with Gasteiger partial charge in [-0.1, -0.05) is 18.2 Å². The van der Waals surface area contributed by atoms with Crippen LogP contribution >= 0.6 is 0 Å². The third kappa shape index (κ3) is 4.81. The minimum atomic E-state index is -1.60. The Morgan fingerprint density at radius 1 is 1.22 bits per heavy atom. The standard InChI is InChI=1S/C26H29FN4O5/c1-30(11-10-22-28-20-9-8-17(36-3)14-21(20)29-22)23(32)15-26(18-6-4-5-7-19(18)27)16-24(33)31(25(26)34)12-13-35-2/h4-9,14H,10-13,15-16H2,1-3H3,(H,28,29)/t26-/m0/s1. The molecule has 1 aliphatic heterocycles. The summed E-state index contributed by atoms with van der Waals surface area (Å²) in [6, 6.07) is 11.3. The highest BCUT2D eigenvalue weighted by molar-refractivity contribution is 6.10. The number of imide groups is 1. The average molecular weight is 497 g/mol. The molecular formula is C26H29FN4O5. The molecule has 190 valence electrons. The number of amides is 3. The van der Waals surface area contributed by atoms with Crippen LogP contribution in [0.15, 0.2) is 42.5 Å². The molecule has 36 heavy (non-hydrogen) atoms. The van der Waals surface area contributed by atoms with Crippen LogP contribution in [-0.4, -0.2) is 78.5 Å². The Labute approximate surface area is 208 Å². The van der Waals surface area contributed by atoms with Crippen LogP contribution in [0.3, 0.4) is 0 Å². The van der Waals surface area contributed by atoms with E-state index in [1.165, 1.54) is 30.2 Å². The van der Waals surface area contributed by atoms with Gasteiger partial charge in [0.1, 0.15) is 17.4 Å². The first-order chi connectivity index (χ1) is 17.3. The van der Waals surface area contributed by atoms with Crippen molar-refractivity contribution in [2.75, 3.05) is 41.0 Å². The van der Waals surface area contributed by atoms with Crippen molar-refractivity contribution in [3.63, 3.8) is 0 Å². The lowest BCUT2D eigenvalue weighted by molar-refractivity contribution is -0.143. The zero-order valence-electron chi connectivity index (χ0n) is 20.5. The number of hydrogen-bond acceptors (Lipinski definition) is 6. The van der Waals surface area contributed by atoms with Crippen molar-refractivity contribution in [1.82, 2.24) is 19.8 Å². The number of fused-ring (bicyclic) bond motifs is 1. The summed E-state index contributed by atoms with van der Waals surface area (Å²) in [6.07, 6.45) is -0.157. The first kappa shape index (κ1) is 25.3. The largest absolute Gasteiger partial charge is 0.497 e. The summed E-state index contributed by atoms with van der Waals surface area (Å²) in [5.41, 5.74) is 0.0565. The number of nitrogens with one attached hydrogen (secondary N) is 1. The van der Waals surface area contributed by atoms with Crippen LogP contribution < -0.4 is 4.74 Å². The summed E-state index contributed by atoms with van der Waals surface area (Å²) in [6.45, 7) is 0.520. The third-order valence-corrected chi connectivity index (χ3v) is 6.62. The van der Waals surface area contributed by atoms with E-state index in [-0.39, 0.29) is 37.5 Å². The van der Waals surface area contributed by atoms with Crippen LogP contribution in [0.1, 0.15) is 24.2 Å². The molecule has 9 nitrogen and oxygen atoms in total. The van der Waals surface area contributed by atoms with Gasteiger partial charge in [0.05, 0.1) is 36.7 Å². The molecule has 1 saturated heterocycles. The van der Waals surface area contributed by atoms with Crippen molar-refractivity contribution in [1.29, 1.82) is 0 Å². The number of aromatic amines is 1. The molecule has 1 N–H and O–H groups in total. The zero-order valence-corrected chi connectivity index (χ0v) is 20.5. The number of carbonyl (C=O) groups excluding carboxylic acids is 3. The maximum atomic E-state index is 14.9. The van der Waals surface area contributed by atoms with Gasteiger partial charge in [-0.15, -0.1) is 0 Å². The maximum absolute atomic E-state index is 14.9. The normalized spacial score (nSPS) is 17.7. The fraction of sp³-hybridized carbons (Fsp3) is 0.385. The van der Waals surface area contributed by atoms with Gasteiger partial charge in [0.2, 0.25) is 17.7 Å². The Bertz CT molecular complexity index is 1290. The van der Waals surface area contributed by atoms with E-state index in [1.807, 2.05) is 18.2 Å². The van der Waals surface area contributed by atoms with E-state index in [2.05, 4.69) is 9.97 Å². The minimum absolute atomic E-state index is 0.0469. The molecule has 0 radical (unpaired) electrons. The van der Waals surface area contributed by atoms with Crippen LogP contribution in [0.4, 0.5) is 4.39 Å². The number of methoxy groups -OCH3 is 2. The number of H-pyrrole nitrogens is 1. The molecule has 0 saturated carbocycles. The van der Waals surface area contributed by atoms with E-state index in [1.54, 1.807) is 20.2 Å². The number of halogens is 1. The SMILES string of the molecule is COCCN1C(=O)C[C@@](CC(=O)N(C)CCc2nc3ccc(OC)cc3[nH]2)(c2ccccc2F)C1=O. The molecule has 1 fully saturated rings. The smallest absolute Gasteiger partial charge is 0.241 e. The number of likely N-dealkylation sites (tertiary alicyclic amines) is 1. The fourth-order valence-electron chi connectivity index (χ4n) is 4.58. The summed E-state index contributed by atoms with van der Waals surface area (Å²) in [5, 5.41) is 0. The number of carbonyl (C=O) groups is 3. The monoisotopic (exact) mass is 496 g/mol. The highest BCUT2D eigenvalue weighted by Crippen LogP contribution is 2.41. The topological polar surface area (TPSA) is 105 Å². The van der Waals surface area contributed by atoms with Crippen molar-refractivity contribution < 1.29 is 28.2 Å². The van der Waals surface area contributed by atoms with Gasteiger partial charge in [-0.25, -0.2) is 9.37 Å². The molecule has 3 amide bonds. The van der Waals surface area contributed by atoms with Crippen LogP contribution in [-0.2, 0) is 31.0 Å². The maximum Gasteiger partial charge on any atom is 0.241 e. The van der Waals surface area contributed by atoms with Gasteiger partial charge in [0.25, 0.3) is 0 Å². The lowest BCUT2D eigenvalue weighted by Gasteiger charge is -2.29. The Hall–Kier alpha value is -3.79. The zero-order chi connectivity index (χ0) is 25.9. The summed E-state index contributed by atoms with van der Waals surface area (Å²) in [7, 11) is 4.67. The molecule has 1 aromatic heterocycles. The van der Waals surface area contributed by atoms with Crippen molar-refractivity contribution in [2.45, 2.75) is 24.7 Å². The molecule has 0 bridgehead atoms. The summed E-state index contributed by atoms with van der Waals surface area (Å²) in [5.74, 6) is -0.624. The van der Waals surface area contributed by atoms with Crippen LogP contribution in [0.25, 0.3) is 11.0 Å². The Morgan fingerprint density at radius 3 is 2.72 bits per heavy atom. The van der Waals surface area contributed by atoms with Crippen molar-refractivity contribution in [3.05, 3.63) is 59.7 Å². The lowest BCUT2D eigenvalue weighted by Crippen LogP contribution is -2.44. The predicted octanol–water partition coefficient (Wildman–Crippen LogP) is 2.44. The van der Waals surface area contributed by atoms with Crippen molar-refractivity contribution in [2.24, 2.45) is 0 Å². The van der Waals surface area contributed by atoms with Crippen molar-refractivity contribution >= 4 is 28.8 Å². The Kier molecular flexibility index (Phi) is 7.35. The lowest BCUT2D eigenvalue weighted by atomic mass is 9.75. The number of likely N-dealkylation sites (N-methyl/N-ethyl adjacent to an activating group) is 1. The molecule has 1 aliphatic rings. The van der Waals surface area contributed by atoms with Gasteiger partial charge >= 0.3 is 0 Å². The van der Waals surface area contributed by atoms with Gasteiger partial charge in [-0.3, -0.25) is 19.3 Å². The summed E-state index contributed by atoms with van der Waals surface area (Å²) in [4.78, 5) is 49.8. The Morgan fingerprint density at radius 2 is 2.00 bits per heavy atom. The predicted molar refractivity (Wildman–Crippen MR) is 130 cm³/mol. The molecule has 0 aliphatic carbocycles. The number of imidazole rings is 1. The van der Waals surface area contributed by atoms with Crippen molar-refractivity contribution in [3.8, 4) is 5.75 Å². The van der Waals surface area contributed by atoms with E-state index >= 15 is 0 Å². The first-order valence-corrected chi connectivity index (χ1v) is 11.6. The molecule has 2 aromatic carbocycles. The molecule has 3 aromatic rings. The fourth-order valence-corrected chi connectivity index (χ4v) is 4.58. The van der Waals surface area contributed by atoms with E-state index in [0.29, 0.717) is 24.5 Å². The molecule has 0 spiro atoms. The first-order valence-electron chi connectivity index (χ1n) is 11.6. The average Bonchev–Trinajstić information content (AvgIpc) is 3.38. The molecule has 4 rings (SSSR count). The summed E-state index contributed by atoms with van der Waals surface area (Å²) < 4.78 is 25.1. The Balaban J connectivity index is 1.52. The number of aromatic nitrogens is 2. The second kappa shape index (κ2) is 10.4. The number of rotatable bonds is 10. The number of hydrogen-bond donors (Lipinski definition) is 1. The van der Waals surface area contributed by atoms with Gasteiger partial charge in [0, 0.05) is 51.6 Å². The molecule has 2 heterocycles. The molecule has 0 unspecified atom stereocenters. The number of nitrogens with zero attached hydrogens (tertiary/aromatic N) is 3. The number of ether oxygens (including phenoxy) is 2. The van der Waals surface area contributed by atoms with Crippen LogP contribution in [0.2, 0.25) is 0 Å². The molecule has 1 atom stereocenters. The molecule has 10 heteroatoms. The van der Waals surface area contributed by atoms with Gasteiger partial charge in [0.15, 0.2) is 0 Å². The van der Waals surface area contributed by atoms with Gasteiger partial charge in [-0.2, -0.15) is 0 Å².